The molecule has 2 aliphatic rings. The SMILES string of the molecule is CC[C@H]1C[C@]2(c3cc([N+](=O)[O-])ccc3F)N=C(NC(=O)OC(C)(C)C)SC[C@@H]2CO1. The summed E-state index contributed by atoms with van der Waals surface area (Å²) in [5.41, 5.74) is -1.78. The molecule has 1 saturated heterocycles. The lowest BCUT2D eigenvalue weighted by Crippen LogP contribution is -2.51. The van der Waals surface area contributed by atoms with Gasteiger partial charge in [-0.3, -0.25) is 20.4 Å². The second-order valence-corrected chi connectivity index (χ2v) is 9.47. The zero-order valence-corrected chi connectivity index (χ0v) is 18.3. The van der Waals surface area contributed by atoms with E-state index in [1.54, 1.807) is 20.8 Å². The number of nitro benzene ring substituents is 1. The molecule has 0 unspecified atom stereocenters. The molecule has 0 saturated carbocycles. The zero-order chi connectivity index (χ0) is 22.1. The molecule has 10 heteroatoms. The summed E-state index contributed by atoms with van der Waals surface area (Å²) < 4.78 is 26.2. The molecule has 3 rings (SSSR count). The number of thioether (sulfide) groups is 1. The average Bonchev–Trinajstić information content (AvgIpc) is 2.65. The van der Waals surface area contributed by atoms with E-state index in [0.29, 0.717) is 30.4 Å². The summed E-state index contributed by atoms with van der Waals surface area (Å²) in [6, 6.07) is 3.50. The summed E-state index contributed by atoms with van der Waals surface area (Å²) in [5.74, 6) is -0.228. The third-order valence-electron chi connectivity index (χ3n) is 5.16. The number of aliphatic imine (C=N–C) groups is 1. The van der Waals surface area contributed by atoms with E-state index in [-0.39, 0.29) is 23.3 Å². The number of amides is 1. The monoisotopic (exact) mass is 439 g/mol. The molecule has 1 aromatic rings. The van der Waals surface area contributed by atoms with Crippen molar-refractivity contribution in [2.24, 2.45) is 10.9 Å². The number of carbonyl (C=O) groups is 1. The van der Waals surface area contributed by atoms with Gasteiger partial charge in [0.05, 0.1) is 23.2 Å². The number of hydrogen-bond acceptors (Lipinski definition) is 7. The average molecular weight is 440 g/mol. The van der Waals surface area contributed by atoms with Crippen LogP contribution in [-0.2, 0) is 15.0 Å². The van der Waals surface area contributed by atoms with Crippen molar-refractivity contribution in [3.05, 3.63) is 39.7 Å². The summed E-state index contributed by atoms with van der Waals surface area (Å²) in [6.45, 7) is 7.58. The number of fused-ring (bicyclic) bond motifs is 1. The molecule has 1 amide bonds. The second-order valence-electron chi connectivity index (χ2n) is 8.47. The molecule has 3 atom stereocenters. The quantitative estimate of drug-likeness (QED) is 0.554. The van der Waals surface area contributed by atoms with Gasteiger partial charge in [0.25, 0.3) is 5.69 Å². The highest BCUT2D eigenvalue weighted by Gasteiger charge is 2.50. The van der Waals surface area contributed by atoms with Crippen molar-refractivity contribution in [3.8, 4) is 0 Å². The largest absolute Gasteiger partial charge is 0.444 e. The summed E-state index contributed by atoms with van der Waals surface area (Å²) >= 11 is 1.32. The number of halogens is 1. The Morgan fingerprint density at radius 1 is 1.50 bits per heavy atom. The Morgan fingerprint density at radius 3 is 2.87 bits per heavy atom. The standard InChI is InChI=1S/C20H26FN3O5S/c1-5-14-9-20(15-8-13(24(26)27)6-7-16(15)21)12(10-28-14)11-30-17(23-20)22-18(25)29-19(2,3)4/h6-8,12,14H,5,9-11H2,1-4H3,(H,22,23,25)/t12-,14-,20-/m0/s1. The van der Waals surface area contributed by atoms with Gasteiger partial charge in [0.15, 0.2) is 5.17 Å². The fraction of sp³-hybridized carbons (Fsp3) is 0.600. The Balaban J connectivity index is 2.05. The molecular formula is C20H26FN3O5S. The fourth-order valence-electron chi connectivity index (χ4n) is 3.74. The van der Waals surface area contributed by atoms with E-state index >= 15 is 0 Å². The first kappa shape index (κ1) is 22.5. The van der Waals surface area contributed by atoms with Crippen molar-refractivity contribution < 1.29 is 23.6 Å². The Labute approximate surface area is 178 Å². The number of nitrogens with one attached hydrogen (secondary N) is 1. The molecule has 164 valence electrons. The Hall–Kier alpha value is -2.20. The molecule has 8 nitrogen and oxygen atoms in total. The van der Waals surface area contributed by atoms with Gasteiger partial charge < -0.3 is 9.47 Å². The van der Waals surface area contributed by atoms with Crippen LogP contribution in [0.15, 0.2) is 23.2 Å². The van der Waals surface area contributed by atoms with E-state index in [4.69, 9.17) is 14.5 Å². The summed E-state index contributed by atoms with van der Waals surface area (Å²) in [6.07, 6.45) is 0.241. The van der Waals surface area contributed by atoms with Crippen molar-refractivity contribution >= 4 is 28.7 Å². The number of rotatable bonds is 3. The Morgan fingerprint density at radius 2 is 2.23 bits per heavy atom. The van der Waals surface area contributed by atoms with Crippen molar-refractivity contribution in [1.29, 1.82) is 0 Å². The van der Waals surface area contributed by atoms with Crippen molar-refractivity contribution in [2.75, 3.05) is 12.4 Å². The zero-order valence-electron chi connectivity index (χ0n) is 17.4. The fourth-order valence-corrected chi connectivity index (χ4v) is 4.86. The van der Waals surface area contributed by atoms with Gasteiger partial charge in [0.1, 0.15) is 11.4 Å². The van der Waals surface area contributed by atoms with Crippen LogP contribution in [0.5, 0.6) is 0 Å². The first-order valence-electron chi connectivity index (χ1n) is 9.82. The first-order chi connectivity index (χ1) is 14.0. The van der Waals surface area contributed by atoms with E-state index in [0.717, 1.165) is 12.1 Å². The molecule has 0 bridgehead atoms. The van der Waals surface area contributed by atoms with Gasteiger partial charge in [-0.25, -0.2) is 9.18 Å². The van der Waals surface area contributed by atoms with E-state index < -0.39 is 28.0 Å². The van der Waals surface area contributed by atoms with Gasteiger partial charge in [-0.05, 0) is 33.3 Å². The topological polar surface area (TPSA) is 103 Å². The molecule has 1 N–H and O–H groups in total. The minimum atomic E-state index is -1.06. The highest BCUT2D eigenvalue weighted by atomic mass is 32.2. The van der Waals surface area contributed by atoms with Gasteiger partial charge in [0, 0.05) is 35.8 Å². The molecular weight excluding hydrogens is 413 g/mol. The number of alkyl carbamates (subject to hydrolysis) is 1. The highest BCUT2D eigenvalue weighted by Crippen LogP contribution is 2.48. The maximum atomic E-state index is 15.0. The van der Waals surface area contributed by atoms with Crippen molar-refractivity contribution in [1.82, 2.24) is 5.32 Å². The van der Waals surface area contributed by atoms with Crippen LogP contribution in [0.25, 0.3) is 0 Å². The summed E-state index contributed by atoms with van der Waals surface area (Å²) in [4.78, 5) is 27.8. The molecule has 0 aliphatic carbocycles. The van der Waals surface area contributed by atoms with Crippen LogP contribution in [0, 0.1) is 21.8 Å². The number of non-ortho nitro benzene ring substituents is 1. The number of benzene rings is 1. The van der Waals surface area contributed by atoms with Crippen molar-refractivity contribution in [3.63, 3.8) is 0 Å². The number of ether oxygens (including phenoxy) is 2. The first-order valence-corrected chi connectivity index (χ1v) is 10.8. The molecule has 0 aromatic heterocycles. The molecule has 2 aliphatic heterocycles. The number of nitro groups is 1. The van der Waals surface area contributed by atoms with Gasteiger partial charge >= 0.3 is 6.09 Å². The van der Waals surface area contributed by atoms with Crippen LogP contribution < -0.4 is 5.32 Å². The number of carbonyl (C=O) groups excluding carboxylic acids is 1. The van der Waals surface area contributed by atoms with E-state index in [2.05, 4.69) is 5.32 Å². The van der Waals surface area contributed by atoms with Gasteiger partial charge in [-0.2, -0.15) is 0 Å². The third-order valence-corrected chi connectivity index (χ3v) is 6.20. The van der Waals surface area contributed by atoms with Crippen LogP contribution in [0.3, 0.4) is 0 Å². The number of nitrogens with zero attached hydrogens (tertiary/aromatic N) is 2. The van der Waals surface area contributed by atoms with Gasteiger partial charge in [-0.1, -0.05) is 18.7 Å². The predicted octanol–water partition coefficient (Wildman–Crippen LogP) is 4.37. The number of hydrogen-bond donors (Lipinski definition) is 1. The molecule has 0 radical (unpaired) electrons. The van der Waals surface area contributed by atoms with Crippen LogP contribution in [0.1, 0.15) is 46.1 Å². The maximum Gasteiger partial charge on any atom is 0.413 e. The van der Waals surface area contributed by atoms with Gasteiger partial charge in [0.2, 0.25) is 0 Å². The maximum absolute atomic E-state index is 15.0. The summed E-state index contributed by atoms with van der Waals surface area (Å²) in [7, 11) is 0. The molecule has 1 aromatic carbocycles. The third kappa shape index (κ3) is 4.75. The van der Waals surface area contributed by atoms with Crippen LogP contribution in [-0.4, -0.2) is 40.2 Å². The van der Waals surface area contributed by atoms with E-state index in [9.17, 15) is 19.3 Å². The normalized spacial score (nSPS) is 26.4. The minimum absolute atomic E-state index is 0.159. The van der Waals surface area contributed by atoms with E-state index in [1.165, 1.54) is 17.8 Å². The lowest BCUT2D eigenvalue weighted by Gasteiger charge is -2.46. The lowest BCUT2D eigenvalue weighted by molar-refractivity contribution is -0.385. The highest BCUT2D eigenvalue weighted by molar-refractivity contribution is 8.13. The van der Waals surface area contributed by atoms with Gasteiger partial charge in [-0.15, -0.1) is 0 Å². The van der Waals surface area contributed by atoms with Crippen LogP contribution >= 0.6 is 11.8 Å². The second kappa shape index (κ2) is 8.50. The lowest BCUT2D eigenvalue weighted by atomic mass is 9.73. The van der Waals surface area contributed by atoms with Crippen molar-refractivity contribution in [2.45, 2.75) is 57.8 Å². The molecule has 0 spiro atoms. The smallest absolute Gasteiger partial charge is 0.413 e. The summed E-state index contributed by atoms with van der Waals surface area (Å²) in [5, 5.41) is 14.3. The Kier molecular flexibility index (Phi) is 6.37. The number of amidine groups is 1. The molecule has 30 heavy (non-hydrogen) atoms. The van der Waals surface area contributed by atoms with Crippen LogP contribution in [0.4, 0.5) is 14.9 Å². The van der Waals surface area contributed by atoms with Crippen LogP contribution in [0.2, 0.25) is 0 Å². The predicted molar refractivity (Wildman–Crippen MR) is 112 cm³/mol. The Bertz CT molecular complexity index is 872. The molecule has 2 heterocycles. The minimum Gasteiger partial charge on any atom is -0.444 e. The molecule has 1 fully saturated rings. The van der Waals surface area contributed by atoms with E-state index in [1.807, 2.05) is 6.92 Å².